The van der Waals surface area contributed by atoms with E-state index in [0.29, 0.717) is 0 Å². The van der Waals surface area contributed by atoms with Crippen LogP contribution in [-0.2, 0) is 11.8 Å². The minimum atomic E-state index is -0.278. The molecule has 3 N–H and O–H groups in total. The second-order valence-electron chi connectivity index (χ2n) is 4.20. The SMILES string of the molecule is CO.Cc1c(C(C)C(N)=O)c2ccccc2n1C. The van der Waals surface area contributed by atoms with Crippen LogP contribution in [0.5, 0.6) is 0 Å². The average Bonchev–Trinajstić information content (AvgIpc) is 2.64. The summed E-state index contributed by atoms with van der Waals surface area (Å²) in [4.78, 5) is 11.3. The van der Waals surface area contributed by atoms with Crippen molar-refractivity contribution in [2.45, 2.75) is 19.8 Å². The molecule has 0 saturated carbocycles. The van der Waals surface area contributed by atoms with Gasteiger partial charge in [-0.15, -0.1) is 0 Å². The van der Waals surface area contributed by atoms with E-state index in [1.807, 2.05) is 39.1 Å². The van der Waals surface area contributed by atoms with Crippen molar-refractivity contribution in [1.29, 1.82) is 0 Å². The minimum Gasteiger partial charge on any atom is -0.400 e. The zero-order valence-electron chi connectivity index (χ0n) is 11.3. The van der Waals surface area contributed by atoms with Gasteiger partial charge in [-0.2, -0.15) is 0 Å². The van der Waals surface area contributed by atoms with E-state index in [1.54, 1.807) is 0 Å². The molecule has 4 heteroatoms. The summed E-state index contributed by atoms with van der Waals surface area (Å²) >= 11 is 0. The van der Waals surface area contributed by atoms with Crippen LogP contribution in [0.2, 0.25) is 0 Å². The van der Waals surface area contributed by atoms with Gasteiger partial charge in [-0.3, -0.25) is 4.79 Å². The number of amides is 1. The molecule has 1 aromatic carbocycles. The van der Waals surface area contributed by atoms with Crippen LogP contribution in [-0.4, -0.2) is 22.7 Å². The Hall–Kier alpha value is -1.81. The highest BCUT2D eigenvalue weighted by molar-refractivity contribution is 5.92. The number of hydrogen-bond donors (Lipinski definition) is 2. The highest BCUT2D eigenvalue weighted by Crippen LogP contribution is 2.30. The van der Waals surface area contributed by atoms with Gasteiger partial charge in [-0.1, -0.05) is 18.2 Å². The van der Waals surface area contributed by atoms with Crippen molar-refractivity contribution in [3.8, 4) is 0 Å². The number of fused-ring (bicyclic) bond motifs is 1. The number of aliphatic hydroxyl groups excluding tert-OH is 1. The quantitative estimate of drug-likeness (QED) is 0.849. The maximum absolute atomic E-state index is 11.3. The third kappa shape index (κ3) is 2.24. The van der Waals surface area contributed by atoms with Crippen LogP contribution in [0.1, 0.15) is 24.1 Å². The molecule has 4 nitrogen and oxygen atoms in total. The number of nitrogens with two attached hydrogens (primary N) is 1. The molecule has 1 amide bonds. The van der Waals surface area contributed by atoms with Crippen molar-refractivity contribution in [3.05, 3.63) is 35.5 Å². The zero-order chi connectivity index (χ0) is 13.9. The molecule has 1 aromatic heterocycles. The minimum absolute atomic E-state index is 0.244. The Labute approximate surface area is 107 Å². The van der Waals surface area contributed by atoms with Crippen molar-refractivity contribution < 1.29 is 9.90 Å². The van der Waals surface area contributed by atoms with Crippen LogP contribution in [0.4, 0.5) is 0 Å². The third-order valence-electron chi connectivity index (χ3n) is 3.31. The summed E-state index contributed by atoms with van der Waals surface area (Å²) in [6, 6.07) is 8.08. The standard InChI is InChI=1S/C13H16N2O.CH4O/c1-8(13(14)16)12-9(2)15(3)11-7-5-4-6-10(11)12;1-2/h4-8H,1-3H3,(H2,14,16);2H,1H3. The van der Waals surface area contributed by atoms with E-state index in [2.05, 4.69) is 10.6 Å². The van der Waals surface area contributed by atoms with Crippen LogP contribution in [0.25, 0.3) is 10.9 Å². The fraction of sp³-hybridized carbons (Fsp3) is 0.357. The number of benzene rings is 1. The molecule has 0 fully saturated rings. The Balaban J connectivity index is 0.000000771. The van der Waals surface area contributed by atoms with E-state index in [-0.39, 0.29) is 11.8 Å². The van der Waals surface area contributed by atoms with Gasteiger partial charge in [-0.05, 0) is 25.5 Å². The number of rotatable bonds is 2. The van der Waals surface area contributed by atoms with E-state index >= 15 is 0 Å². The number of nitrogens with zero attached hydrogens (tertiary/aromatic N) is 1. The average molecular weight is 248 g/mol. The van der Waals surface area contributed by atoms with Crippen LogP contribution >= 0.6 is 0 Å². The number of carbonyl (C=O) groups is 1. The first-order valence-corrected chi connectivity index (χ1v) is 5.82. The fourth-order valence-electron chi connectivity index (χ4n) is 2.24. The summed E-state index contributed by atoms with van der Waals surface area (Å²) in [7, 11) is 3.01. The number of aliphatic hydroxyl groups is 1. The summed E-state index contributed by atoms with van der Waals surface area (Å²) in [6.07, 6.45) is 0. The molecule has 1 atom stereocenters. The predicted octanol–water partition coefficient (Wildman–Crippen LogP) is 1.68. The van der Waals surface area contributed by atoms with E-state index in [9.17, 15) is 4.79 Å². The molecule has 2 aromatic rings. The van der Waals surface area contributed by atoms with E-state index < -0.39 is 0 Å². The first-order chi connectivity index (χ1) is 8.54. The van der Waals surface area contributed by atoms with E-state index in [4.69, 9.17) is 10.8 Å². The van der Waals surface area contributed by atoms with E-state index in [1.165, 1.54) is 0 Å². The van der Waals surface area contributed by atoms with Gasteiger partial charge >= 0.3 is 0 Å². The summed E-state index contributed by atoms with van der Waals surface area (Å²) in [5.41, 5.74) is 8.68. The summed E-state index contributed by atoms with van der Waals surface area (Å²) in [6.45, 7) is 3.88. The summed E-state index contributed by atoms with van der Waals surface area (Å²) in [5, 5.41) is 8.12. The van der Waals surface area contributed by atoms with Crippen molar-refractivity contribution >= 4 is 16.8 Å². The molecule has 0 aliphatic heterocycles. The molecule has 18 heavy (non-hydrogen) atoms. The number of hydrogen-bond acceptors (Lipinski definition) is 2. The second-order valence-corrected chi connectivity index (χ2v) is 4.20. The van der Waals surface area contributed by atoms with Gasteiger partial charge < -0.3 is 15.4 Å². The number of aryl methyl sites for hydroxylation is 1. The Bertz CT molecular complexity index is 558. The highest BCUT2D eigenvalue weighted by atomic mass is 16.2. The largest absolute Gasteiger partial charge is 0.400 e. The summed E-state index contributed by atoms with van der Waals surface area (Å²) < 4.78 is 2.10. The Morgan fingerprint density at radius 1 is 1.33 bits per heavy atom. The Morgan fingerprint density at radius 3 is 2.44 bits per heavy atom. The number of primary amides is 1. The monoisotopic (exact) mass is 248 g/mol. The lowest BCUT2D eigenvalue weighted by Crippen LogP contribution is -2.19. The molecule has 2 rings (SSSR count). The number of carbonyl (C=O) groups excluding carboxylic acids is 1. The molecular weight excluding hydrogens is 228 g/mol. The normalized spacial score (nSPS) is 11.8. The van der Waals surface area contributed by atoms with Crippen LogP contribution < -0.4 is 5.73 Å². The Kier molecular flexibility index (Phi) is 4.50. The Morgan fingerprint density at radius 2 is 1.89 bits per heavy atom. The molecule has 0 saturated heterocycles. The van der Waals surface area contributed by atoms with E-state index in [0.717, 1.165) is 29.3 Å². The third-order valence-corrected chi connectivity index (χ3v) is 3.31. The van der Waals surface area contributed by atoms with Gasteiger partial charge in [0.1, 0.15) is 0 Å². The fourth-order valence-corrected chi connectivity index (χ4v) is 2.24. The van der Waals surface area contributed by atoms with Crippen LogP contribution in [0, 0.1) is 6.92 Å². The lowest BCUT2D eigenvalue weighted by molar-refractivity contribution is -0.119. The molecule has 1 heterocycles. The van der Waals surface area contributed by atoms with Crippen LogP contribution in [0.15, 0.2) is 24.3 Å². The van der Waals surface area contributed by atoms with Crippen molar-refractivity contribution in [2.75, 3.05) is 7.11 Å². The first kappa shape index (κ1) is 14.3. The maximum atomic E-state index is 11.3. The topological polar surface area (TPSA) is 68.2 Å². The van der Waals surface area contributed by atoms with Gasteiger partial charge in [0.15, 0.2) is 0 Å². The van der Waals surface area contributed by atoms with Crippen molar-refractivity contribution in [1.82, 2.24) is 4.57 Å². The molecule has 1 unspecified atom stereocenters. The lowest BCUT2D eigenvalue weighted by Gasteiger charge is -2.08. The molecule has 0 aliphatic carbocycles. The molecule has 0 spiro atoms. The van der Waals surface area contributed by atoms with Crippen molar-refractivity contribution in [3.63, 3.8) is 0 Å². The molecule has 98 valence electrons. The van der Waals surface area contributed by atoms with Gasteiger partial charge in [0.25, 0.3) is 0 Å². The smallest absolute Gasteiger partial charge is 0.224 e. The second kappa shape index (κ2) is 5.69. The van der Waals surface area contributed by atoms with Gasteiger partial charge in [0, 0.05) is 30.8 Å². The highest BCUT2D eigenvalue weighted by Gasteiger charge is 2.20. The summed E-state index contributed by atoms with van der Waals surface area (Å²) in [5.74, 6) is -0.523. The zero-order valence-corrected chi connectivity index (χ0v) is 11.3. The predicted molar refractivity (Wildman–Crippen MR) is 73.4 cm³/mol. The first-order valence-electron chi connectivity index (χ1n) is 5.82. The molecular formula is C14H20N2O2. The van der Waals surface area contributed by atoms with Gasteiger partial charge in [0.05, 0.1) is 5.92 Å². The van der Waals surface area contributed by atoms with Crippen molar-refractivity contribution in [2.24, 2.45) is 12.8 Å². The molecule has 0 radical (unpaired) electrons. The molecule has 0 aliphatic rings. The van der Waals surface area contributed by atoms with Gasteiger partial charge in [0.2, 0.25) is 5.91 Å². The lowest BCUT2D eigenvalue weighted by atomic mass is 9.97. The molecule has 0 bridgehead atoms. The maximum Gasteiger partial charge on any atom is 0.224 e. The van der Waals surface area contributed by atoms with Gasteiger partial charge in [-0.25, -0.2) is 0 Å². The number of aromatic nitrogens is 1. The van der Waals surface area contributed by atoms with Crippen LogP contribution in [0.3, 0.4) is 0 Å². The number of para-hydroxylation sites is 1.